The minimum Gasteiger partial charge on any atom is -0.358 e. The van der Waals surface area contributed by atoms with Crippen LogP contribution in [0.15, 0.2) is 47.2 Å². The fraction of sp³-hybridized carbons (Fsp3) is 0.421. The quantitative estimate of drug-likeness (QED) is 0.634. The van der Waals surface area contributed by atoms with E-state index in [-0.39, 0.29) is 17.8 Å². The molecule has 0 radical (unpaired) electrons. The van der Waals surface area contributed by atoms with Crippen molar-refractivity contribution in [3.8, 4) is 0 Å². The summed E-state index contributed by atoms with van der Waals surface area (Å²) in [4.78, 5) is 14.6. The molecule has 0 amide bonds. The van der Waals surface area contributed by atoms with Gasteiger partial charge in [0, 0.05) is 42.0 Å². The molecule has 1 aliphatic carbocycles. The molecule has 3 unspecified atom stereocenters. The fourth-order valence-electron chi connectivity index (χ4n) is 5.44. The Morgan fingerprint density at radius 3 is 2.96 bits per heavy atom. The molecule has 1 aromatic rings. The van der Waals surface area contributed by atoms with Crippen LogP contribution in [0.3, 0.4) is 0 Å². The number of carbonyl (C=O) groups is 1. The molecule has 23 heavy (non-hydrogen) atoms. The van der Waals surface area contributed by atoms with Crippen molar-refractivity contribution in [3.05, 3.63) is 52.7 Å². The number of hydrogen-bond acceptors (Lipinski definition) is 3. The number of allylic oxidation sites excluding steroid dienone is 2. The molecule has 1 N–H and O–H groups in total. The maximum atomic E-state index is 11.9. The first-order valence-corrected chi connectivity index (χ1v) is 8.25. The van der Waals surface area contributed by atoms with E-state index < -0.39 is 0 Å². The first kappa shape index (κ1) is 15.0. The summed E-state index contributed by atoms with van der Waals surface area (Å²) in [6, 6.07) is 9.16. The van der Waals surface area contributed by atoms with Gasteiger partial charge >= 0.3 is 0 Å². The second-order valence-electron chi connectivity index (χ2n) is 6.98. The van der Waals surface area contributed by atoms with Gasteiger partial charge in [-0.15, -0.1) is 12.4 Å². The number of rotatable bonds is 1. The highest BCUT2D eigenvalue weighted by atomic mass is 35.5. The van der Waals surface area contributed by atoms with Crippen LogP contribution < -0.4 is 5.32 Å². The summed E-state index contributed by atoms with van der Waals surface area (Å²) in [5.41, 5.74) is 6.25. The van der Waals surface area contributed by atoms with Crippen molar-refractivity contribution >= 4 is 24.4 Å². The van der Waals surface area contributed by atoms with E-state index in [1.807, 2.05) is 0 Å². The molecule has 3 aliphatic heterocycles. The van der Waals surface area contributed by atoms with Crippen molar-refractivity contribution in [2.75, 3.05) is 18.4 Å². The number of fused-ring (bicyclic) bond motifs is 2. The molecule has 1 aromatic carbocycles. The lowest BCUT2D eigenvalue weighted by Gasteiger charge is -2.48. The van der Waals surface area contributed by atoms with E-state index in [0.717, 1.165) is 37.8 Å². The minimum absolute atomic E-state index is 0. The summed E-state index contributed by atoms with van der Waals surface area (Å²) in [6.45, 7) is 4.26. The van der Waals surface area contributed by atoms with Gasteiger partial charge in [-0.05, 0) is 31.4 Å². The van der Waals surface area contributed by atoms with Crippen molar-refractivity contribution in [1.29, 1.82) is 0 Å². The molecule has 3 nitrogen and oxygen atoms in total. The predicted molar refractivity (Wildman–Crippen MR) is 93.9 cm³/mol. The third kappa shape index (κ3) is 1.62. The average Bonchev–Trinajstić information content (AvgIpc) is 3.11. The van der Waals surface area contributed by atoms with E-state index in [2.05, 4.69) is 47.5 Å². The van der Waals surface area contributed by atoms with Gasteiger partial charge in [0.1, 0.15) is 6.29 Å². The highest BCUT2D eigenvalue weighted by Gasteiger charge is 2.60. The lowest BCUT2D eigenvalue weighted by Crippen LogP contribution is -2.52. The number of anilines is 1. The number of nitrogens with zero attached hydrogens (tertiary/aromatic N) is 1. The lowest BCUT2D eigenvalue weighted by molar-refractivity contribution is -0.105. The van der Waals surface area contributed by atoms with Crippen LogP contribution in [0.25, 0.3) is 0 Å². The molecular weight excluding hydrogens is 308 g/mol. The summed E-state index contributed by atoms with van der Waals surface area (Å²) in [6.07, 6.45) is 5.55. The number of hydrogen-bond donors (Lipinski definition) is 1. The van der Waals surface area contributed by atoms with Crippen LogP contribution in [-0.4, -0.2) is 30.3 Å². The highest BCUT2D eigenvalue weighted by molar-refractivity contribution is 5.85. The SMILES string of the molecule is C/C=C1\CN2CCC34C(=C(C=O)C1CC23)Nc1ccccc14.Cl. The molecule has 3 atom stereocenters. The summed E-state index contributed by atoms with van der Waals surface area (Å²) >= 11 is 0. The predicted octanol–water partition coefficient (Wildman–Crippen LogP) is 3.28. The molecule has 2 fully saturated rings. The molecule has 5 rings (SSSR count). The molecule has 4 heteroatoms. The van der Waals surface area contributed by atoms with E-state index in [1.54, 1.807) is 0 Å². The maximum Gasteiger partial charge on any atom is 0.148 e. The topological polar surface area (TPSA) is 32.3 Å². The Kier molecular flexibility index (Phi) is 3.23. The maximum absolute atomic E-state index is 11.9. The van der Waals surface area contributed by atoms with Crippen LogP contribution in [0, 0.1) is 5.92 Å². The summed E-state index contributed by atoms with van der Waals surface area (Å²) in [5, 5.41) is 3.62. The molecule has 4 aliphatic rings. The molecule has 1 spiro atoms. The molecule has 0 aromatic heterocycles. The molecule has 2 bridgehead atoms. The van der Waals surface area contributed by atoms with Gasteiger partial charge in [0.15, 0.2) is 0 Å². The smallest absolute Gasteiger partial charge is 0.148 e. The lowest BCUT2D eigenvalue weighted by atomic mass is 9.62. The van der Waals surface area contributed by atoms with Crippen LogP contribution in [0.1, 0.15) is 25.3 Å². The van der Waals surface area contributed by atoms with Gasteiger partial charge in [-0.3, -0.25) is 9.69 Å². The van der Waals surface area contributed by atoms with Gasteiger partial charge < -0.3 is 5.32 Å². The normalized spacial score (nSPS) is 35.4. The van der Waals surface area contributed by atoms with Crippen LogP contribution >= 0.6 is 12.4 Å². The highest BCUT2D eigenvalue weighted by Crippen LogP contribution is 2.60. The minimum atomic E-state index is 0. The number of piperidine rings is 1. The third-order valence-corrected chi connectivity index (χ3v) is 6.37. The van der Waals surface area contributed by atoms with E-state index in [1.165, 1.54) is 22.5 Å². The Morgan fingerprint density at radius 1 is 1.35 bits per heavy atom. The Labute approximate surface area is 142 Å². The van der Waals surface area contributed by atoms with E-state index in [4.69, 9.17) is 0 Å². The van der Waals surface area contributed by atoms with Crippen molar-refractivity contribution in [2.45, 2.75) is 31.2 Å². The summed E-state index contributed by atoms with van der Waals surface area (Å²) < 4.78 is 0. The van der Waals surface area contributed by atoms with Gasteiger partial charge in [0.2, 0.25) is 0 Å². The van der Waals surface area contributed by atoms with Gasteiger partial charge in [-0.25, -0.2) is 0 Å². The van der Waals surface area contributed by atoms with E-state index in [9.17, 15) is 4.79 Å². The Bertz CT molecular complexity index is 753. The van der Waals surface area contributed by atoms with Gasteiger partial charge in [-0.2, -0.15) is 0 Å². The van der Waals surface area contributed by atoms with Crippen molar-refractivity contribution in [1.82, 2.24) is 4.90 Å². The first-order chi connectivity index (χ1) is 10.8. The number of aldehydes is 1. The summed E-state index contributed by atoms with van der Waals surface area (Å²) in [5.74, 6) is 0.312. The number of carbonyl (C=O) groups excluding carboxylic acids is 1. The molecule has 3 heterocycles. The zero-order valence-electron chi connectivity index (χ0n) is 13.2. The Balaban J connectivity index is 0.00000135. The van der Waals surface area contributed by atoms with Gasteiger partial charge in [-0.1, -0.05) is 29.8 Å². The molecule has 0 saturated carbocycles. The standard InChI is InChI=1S/C19H20N2O.ClH/c1-2-12-10-21-8-7-19-15-5-3-4-6-16(15)20-18(19)14(11-22)13(12)9-17(19)21;/h2-6,11,13,17,20H,7-10H2,1H3;1H/b12-2+;. The van der Waals surface area contributed by atoms with Crippen LogP contribution in [-0.2, 0) is 10.2 Å². The second-order valence-corrected chi connectivity index (χ2v) is 6.98. The number of benzene rings is 1. The number of halogens is 1. The van der Waals surface area contributed by atoms with Crippen molar-refractivity contribution in [3.63, 3.8) is 0 Å². The van der Waals surface area contributed by atoms with E-state index in [0.29, 0.717) is 12.0 Å². The first-order valence-electron chi connectivity index (χ1n) is 8.25. The second kappa shape index (κ2) is 4.96. The van der Waals surface area contributed by atoms with Crippen LogP contribution in [0.5, 0.6) is 0 Å². The van der Waals surface area contributed by atoms with Crippen molar-refractivity contribution in [2.24, 2.45) is 5.92 Å². The average molecular weight is 329 g/mol. The van der Waals surface area contributed by atoms with Crippen LogP contribution in [0.2, 0.25) is 0 Å². The molecule has 120 valence electrons. The Hall–Kier alpha value is -1.58. The van der Waals surface area contributed by atoms with Crippen LogP contribution in [0.4, 0.5) is 5.69 Å². The zero-order valence-corrected chi connectivity index (χ0v) is 14.0. The van der Waals surface area contributed by atoms with Crippen molar-refractivity contribution < 1.29 is 4.79 Å². The number of para-hydroxylation sites is 1. The largest absolute Gasteiger partial charge is 0.358 e. The van der Waals surface area contributed by atoms with E-state index >= 15 is 0 Å². The summed E-state index contributed by atoms with van der Waals surface area (Å²) in [7, 11) is 0. The fourth-order valence-corrected chi connectivity index (χ4v) is 5.44. The molecular formula is C19H21ClN2O. The Morgan fingerprint density at radius 2 is 2.17 bits per heavy atom. The van der Waals surface area contributed by atoms with Gasteiger partial charge in [0.25, 0.3) is 0 Å². The molecule has 2 saturated heterocycles. The van der Waals surface area contributed by atoms with Gasteiger partial charge in [0.05, 0.1) is 5.41 Å². The monoisotopic (exact) mass is 328 g/mol. The third-order valence-electron chi connectivity index (χ3n) is 6.37. The zero-order chi connectivity index (χ0) is 14.9. The number of nitrogens with one attached hydrogen (secondary N) is 1.